The Bertz CT molecular complexity index is 1180. The van der Waals surface area contributed by atoms with Gasteiger partial charge in [0.1, 0.15) is 16.9 Å². The number of carbonyl (C=O) groups is 1. The van der Waals surface area contributed by atoms with Gasteiger partial charge in [-0.05, 0) is 63.9 Å². The van der Waals surface area contributed by atoms with Gasteiger partial charge in [-0.1, -0.05) is 0 Å². The minimum absolute atomic E-state index is 0.171. The molecule has 0 aliphatic carbocycles. The molecule has 0 radical (unpaired) electrons. The van der Waals surface area contributed by atoms with Crippen molar-refractivity contribution in [2.75, 3.05) is 13.1 Å². The Hall–Kier alpha value is -3.05. The lowest BCUT2D eigenvalue weighted by Crippen LogP contribution is -2.45. The van der Waals surface area contributed by atoms with Crippen molar-refractivity contribution in [2.24, 2.45) is 0 Å². The number of rotatable bonds is 8. The van der Waals surface area contributed by atoms with E-state index in [1.54, 1.807) is 18.3 Å². The van der Waals surface area contributed by atoms with E-state index < -0.39 is 12.7 Å². The summed E-state index contributed by atoms with van der Waals surface area (Å²) in [6.45, 7) is 5.96. The second-order valence-corrected chi connectivity index (χ2v) is 10.1. The molecule has 1 fully saturated rings. The summed E-state index contributed by atoms with van der Waals surface area (Å²) in [6.07, 6.45) is -3.01. The van der Waals surface area contributed by atoms with Gasteiger partial charge < -0.3 is 10.1 Å². The zero-order valence-corrected chi connectivity index (χ0v) is 21.1. The molecule has 1 amide bonds. The summed E-state index contributed by atoms with van der Waals surface area (Å²) >= 11 is 1.50. The van der Waals surface area contributed by atoms with Crippen LogP contribution in [-0.4, -0.2) is 57.9 Å². The van der Waals surface area contributed by atoms with Crippen LogP contribution in [0.1, 0.15) is 52.4 Å². The summed E-state index contributed by atoms with van der Waals surface area (Å²) in [6, 6.07) is 8.50. The molecule has 11 heteroatoms. The minimum Gasteiger partial charge on any atom is -0.490 e. The SMILES string of the molecule is Cc1ccc([C@@H](C)NC(=O)c2cc(OC3CCN(C(F)C(F)F)CC3)cc(-c3ncc(C)s3)c2)nn1. The number of amides is 1. The molecular formula is C25H28F3N5O2S. The molecule has 0 saturated carbocycles. The summed E-state index contributed by atoms with van der Waals surface area (Å²) in [5, 5.41) is 11.9. The average molecular weight is 520 g/mol. The number of hydrogen-bond acceptors (Lipinski definition) is 7. The second kappa shape index (κ2) is 11.3. The molecule has 0 spiro atoms. The summed E-state index contributed by atoms with van der Waals surface area (Å²) < 4.78 is 45.2. The Balaban J connectivity index is 1.52. The number of piperidine rings is 1. The third-order valence-corrected chi connectivity index (χ3v) is 6.94. The third-order valence-electron chi connectivity index (χ3n) is 5.98. The fraction of sp³-hybridized carbons (Fsp3) is 0.440. The van der Waals surface area contributed by atoms with E-state index in [0.717, 1.165) is 26.0 Å². The number of ether oxygens (including phenoxy) is 1. The summed E-state index contributed by atoms with van der Waals surface area (Å²) in [4.78, 5) is 19.8. The van der Waals surface area contributed by atoms with Crippen molar-refractivity contribution < 1.29 is 22.7 Å². The van der Waals surface area contributed by atoms with Crippen LogP contribution in [0.3, 0.4) is 0 Å². The fourth-order valence-corrected chi connectivity index (χ4v) is 4.75. The van der Waals surface area contributed by atoms with Crippen LogP contribution < -0.4 is 10.1 Å². The lowest BCUT2D eigenvalue weighted by atomic mass is 10.1. The largest absolute Gasteiger partial charge is 0.490 e. The van der Waals surface area contributed by atoms with Gasteiger partial charge >= 0.3 is 0 Å². The van der Waals surface area contributed by atoms with E-state index in [-0.39, 0.29) is 31.1 Å². The Morgan fingerprint density at radius 1 is 1.14 bits per heavy atom. The van der Waals surface area contributed by atoms with Crippen LogP contribution in [-0.2, 0) is 0 Å². The first-order valence-electron chi connectivity index (χ1n) is 11.7. The van der Waals surface area contributed by atoms with Crippen LogP contribution in [0, 0.1) is 13.8 Å². The Labute approximate surface area is 211 Å². The van der Waals surface area contributed by atoms with E-state index in [0.29, 0.717) is 29.8 Å². The highest BCUT2D eigenvalue weighted by atomic mass is 32.1. The van der Waals surface area contributed by atoms with Crippen molar-refractivity contribution in [3.05, 3.63) is 58.4 Å². The molecule has 36 heavy (non-hydrogen) atoms. The fourth-order valence-electron chi connectivity index (χ4n) is 4.00. The van der Waals surface area contributed by atoms with E-state index in [9.17, 15) is 18.0 Å². The van der Waals surface area contributed by atoms with Crippen molar-refractivity contribution >= 4 is 17.2 Å². The zero-order chi connectivity index (χ0) is 25.8. The molecule has 3 aromatic rings. The summed E-state index contributed by atoms with van der Waals surface area (Å²) in [7, 11) is 0. The van der Waals surface area contributed by atoms with Gasteiger partial charge in [-0.15, -0.1) is 11.3 Å². The predicted molar refractivity (Wildman–Crippen MR) is 131 cm³/mol. The molecule has 7 nitrogen and oxygen atoms in total. The number of benzene rings is 1. The number of alkyl halides is 3. The maximum Gasteiger partial charge on any atom is 0.282 e. The molecule has 1 N–H and O–H groups in total. The van der Waals surface area contributed by atoms with Crippen LogP contribution in [0.5, 0.6) is 5.75 Å². The molecule has 2 aromatic heterocycles. The van der Waals surface area contributed by atoms with Gasteiger partial charge in [0, 0.05) is 35.3 Å². The highest BCUT2D eigenvalue weighted by Gasteiger charge is 2.31. The van der Waals surface area contributed by atoms with Gasteiger partial charge in [-0.25, -0.2) is 18.2 Å². The Morgan fingerprint density at radius 3 is 2.50 bits per heavy atom. The molecule has 0 bridgehead atoms. The standard InChI is InChI=1S/C25H28F3N5O2S/c1-14-4-5-21(32-31-14)16(3)30-24(34)17-10-18(25-29-13-15(2)36-25)12-20(11-17)35-19-6-8-33(9-7-19)23(28)22(26)27/h4-5,10-13,16,19,22-23H,6-9H2,1-3H3,(H,30,34)/t16-,23?/m1/s1. The summed E-state index contributed by atoms with van der Waals surface area (Å²) in [5.41, 5.74) is 2.55. The van der Waals surface area contributed by atoms with Gasteiger partial charge in [0.25, 0.3) is 12.3 Å². The molecule has 1 aliphatic heterocycles. The van der Waals surface area contributed by atoms with Gasteiger partial charge in [-0.2, -0.15) is 10.2 Å². The number of hydrogen-bond donors (Lipinski definition) is 1. The Kier molecular flexibility index (Phi) is 8.20. The molecule has 1 unspecified atom stereocenters. The van der Waals surface area contributed by atoms with E-state index in [1.165, 1.54) is 11.3 Å². The monoisotopic (exact) mass is 519 g/mol. The molecule has 4 rings (SSSR count). The van der Waals surface area contributed by atoms with E-state index in [4.69, 9.17) is 4.74 Å². The van der Waals surface area contributed by atoms with E-state index in [1.807, 2.05) is 39.0 Å². The Morgan fingerprint density at radius 2 is 1.89 bits per heavy atom. The van der Waals surface area contributed by atoms with Crippen molar-refractivity contribution in [3.63, 3.8) is 0 Å². The van der Waals surface area contributed by atoms with Gasteiger partial charge in [0.05, 0.1) is 17.4 Å². The smallest absolute Gasteiger partial charge is 0.282 e. The normalized spacial score (nSPS) is 16.6. The lowest BCUT2D eigenvalue weighted by molar-refractivity contribution is -0.0665. The number of aromatic nitrogens is 3. The first-order chi connectivity index (χ1) is 17.2. The predicted octanol–water partition coefficient (Wildman–Crippen LogP) is 5.11. The minimum atomic E-state index is -3.03. The number of likely N-dealkylation sites (tertiary alicyclic amines) is 1. The number of nitrogens with zero attached hydrogens (tertiary/aromatic N) is 4. The number of nitrogens with one attached hydrogen (secondary N) is 1. The number of thiazole rings is 1. The molecule has 192 valence electrons. The van der Waals surface area contributed by atoms with Crippen LogP contribution in [0.2, 0.25) is 0 Å². The third kappa shape index (κ3) is 6.38. The first-order valence-corrected chi connectivity index (χ1v) is 12.5. The first kappa shape index (κ1) is 26.0. The quantitative estimate of drug-likeness (QED) is 0.417. The molecule has 1 saturated heterocycles. The van der Waals surface area contributed by atoms with Crippen molar-refractivity contribution in [3.8, 4) is 16.3 Å². The molecule has 1 aliphatic rings. The average Bonchev–Trinajstić information content (AvgIpc) is 3.30. The van der Waals surface area contributed by atoms with Crippen LogP contribution >= 0.6 is 11.3 Å². The highest BCUT2D eigenvalue weighted by Crippen LogP contribution is 2.31. The lowest BCUT2D eigenvalue weighted by Gasteiger charge is -2.33. The molecular weight excluding hydrogens is 491 g/mol. The van der Waals surface area contributed by atoms with Gasteiger partial charge in [0.2, 0.25) is 6.30 Å². The van der Waals surface area contributed by atoms with Crippen LogP contribution in [0.25, 0.3) is 10.6 Å². The number of aryl methyl sites for hydroxylation is 2. The number of halogens is 3. The molecule has 3 heterocycles. The van der Waals surface area contributed by atoms with Crippen LogP contribution in [0.15, 0.2) is 36.5 Å². The maximum absolute atomic E-state index is 13.7. The van der Waals surface area contributed by atoms with E-state index >= 15 is 0 Å². The highest BCUT2D eigenvalue weighted by molar-refractivity contribution is 7.14. The van der Waals surface area contributed by atoms with Gasteiger partial charge in [-0.3, -0.25) is 9.69 Å². The zero-order valence-electron chi connectivity index (χ0n) is 20.2. The van der Waals surface area contributed by atoms with Crippen molar-refractivity contribution in [1.82, 2.24) is 25.4 Å². The van der Waals surface area contributed by atoms with Crippen LogP contribution in [0.4, 0.5) is 13.2 Å². The van der Waals surface area contributed by atoms with E-state index in [2.05, 4.69) is 20.5 Å². The van der Waals surface area contributed by atoms with Crippen molar-refractivity contribution in [1.29, 1.82) is 0 Å². The maximum atomic E-state index is 13.7. The second-order valence-electron chi connectivity index (χ2n) is 8.88. The number of carbonyl (C=O) groups excluding carboxylic acids is 1. The summed E-state index contributed by atoms with van der Waals surface area (Å²) in [5.74, 6) is 0.161. The molecule has 2 atom stereocenters. The molecule has 1 aromatic carbocycles. The van der Waals surface area contributed by atoms with Crippen molar-refractivity contribution in [2.45, 2.75) is 58.5 Å². The van der Waals surface area contributed by atoms with Gasteiger partial charge in [0.15, 0.2) is 0 Å². The topological polar surface area (TPSA) is 80.2 Å².